The molecule has 3 fully saturated rings. The van der Waals surface area contributed by atoms with Crippen LogP contribution in [0.15, 0.2) is 23.8 Å². The van der Waals surface area contributed by atoms with Crippen LogP contribution in [0.3, 0.4) is 0 Å². The summed E-state index contributed by atoms with van der Waals surface area (Å²) in [5, 5.41) is 10.5. The molecule has 9 atom stereocenters. The van der Waals surface area contributed by atoms with E-state index in [2.05, 4.69) is 12.6 Å². The maximum Gasteiger partial charge on any atom is 0.340 e. The summed E-state index contributed by atoms with van der Waals surface area (Å²) in [6.45, 7) is 4.81. The van der Waals surface area contributed by atoms with E-state index >= 15 is 8.78 Å². The van der Waals surface area contributed by atoms with Gasteiger partial charge in [-0.05, 0) is 49.8 Å². The molecule has 4 aliphatic rings. The third kappa shape index (κ3) is 3.02. The molecular weight excluding hydrogens is 497 g/mol. The SMILES string of the molecule is C[C@@H]1CC2C3C[C@H](F)C4=CC(=O)C=CC4(C)[C@@]3(F)[C@@H](O)CC2(C)[C@@]1(OC(=O)C(Cl)Cl)C(=O)S. The van der Waals surface area contributed by atoms with Gasteiger partial charge in [0.05, 0.1) is 6.10 Å². The summed E-state index contributed by atoms with van der Waals surface area (Å²) >= 11 is 15.4. The van der Waals surface area contributed by atoms with Crippen LogP contribution in [-0.2, 0) is 19.1 Å². The summed E-state index contributed by atoms with van der Waals surface area (Å²) in [6.07, 6.45) is 0.123. The zero-order valence-electron chi connectivity index (χ0n) is 18.4. The van der Waals surface area contributed by atoms with E-state index in [-0.39, 0.29) is 24.8 Å². The normalized spacial score (nSPS) is 48.6. The summed E-state index contributed by atoms with van der Waals surface area (Å²) in [6, 6.07) is 0. The van der Waals surface area contributed by atoms with Crippen molar-refractivity contribution in [2.75, 3.05) is 0 Å². The van der Waals surface area contributed by atoms with Gasteiger partial charge in [0.1, 0.15) is 6.17 Å². The van der Waals surface area contributed by atoms with Crippen molar-refractivity contribution >= 4 is 52.7 Å². The lowest BCUT2D eigenvalue weighted by Gasteiger charge is -2.63. The van der Waals surface area contributed by atoms with Crippen LogP contribution in [-0.4, -0.2) is 50.4 Å². The summed E-state index contributed by atoms with van der Waals surface area (Å²) < 4.78 is 38.2. The second-order valence-electron chi connectivity index (χ2n) is 10.3. The highest BCUT2D eigenvalue weighted by Crippen LogP contribution is 2.71. The standard InChI is InChI=1S/C23H26Cl2F2O5S/c1-10-6-12-13-8-15(26)14-7-11(28)4-5-20(14,2)22(13,27)16(29)9-21(12,3)23(10,19(31)33)32-18(30)17(24)25/h4-5,7,10,12-13,15-17,29H,6,8-9H2,1-3H3,(H,31,33)/t10-,12?,13?,15+,16+,20?,21?,22+,23+/m1/s1. The van der Waals surface area contributed by atoms with Crippen LogP contribution in [0.2, 0.25) is 0 Å². The van der Waals surface area contributed by atoms with E-state index in [0.29, 0.717) is 0 Å². The van der Waals surface area contributed by atoms with Crippen LogP contribution in [0.25, 0.3) is 0 Å². The maximum atomic E-state index is 17.1. The first-order chi connectivity index (χ1) is 15.2. The molecule has 0 spiro atoms. The van der Waals surface area contributed by atoms with Crippen molar-refractivity contribution in [3.05, 3.63) is 23.8 Å². The lowest BCUT2D eigenvalue weighted by Crippen LogP contribution is -2.70. The third-order valence-electron chi connectivity index (χ3n) is 8.93. The van der Waals surface area contributed by atoms with Crippen molar-refractivity contribution < 1.29 is 33.0 Å². The van der Waals surface area contributed by atoms with E-state index in [1.165, 1.54) is 19.1 Å². The van der Waals surface area contributed by atoms with Crippen molar-refractivity contribution in [1.29, 1.82) is 0 Å². The summed E-state index contributed by atoms with van der Waals surface area (Å²) in [5.74, 6) is -3.73. The molecule has 3 saturated carbocycles. The number of esters is 1. The number of rotatable bonds is 3. The van der Waals surface area contributed by atoms with Crippen LogP contribution < -0.4 is 0 Å². The average molecular weight is 523 g/mol. The van der Waals surface area contributed by atoms with Gasteiger partial charge in [-0.2, -0.15) is 0 Å². The highest BCUT2D eigenvalue weighted by atomic mass is 35.5. The summed E-state index contributed by atoms with van der Waals surface area (Å²) in [5.41, 5.74) is -6.92. The number of ketones is 1. The maximum absolute atomic E-state index is 17.1. The van der Waals surface area contributed by atoms with Crippen LogP contribution in [0.4, 0.5) is 8.78 Å². The molecule has 5 nitrogen and oxygen atoms in total. The quantitative estimate of drug-likeness (QED) is 0.331. The van der Waals surface area contributed by atoms with E-state index in [1.807, 2.05) is 0 Å². The number of allylic oxidation sites excluding steroid dienone is 4. The fourth-order valence-electron chi connectivity index (χ4n) is 7.44. The second kappa shape index (κ2) is 7.77. The fourth-order valence-corrected chi connectivity index (χ4v) is 8.05. The predicted molar refractivity (Wildman–Crippen MR) is 121 cm³/mol. The molecule has 4 aliphatic carbocycles. The molecule has 0 bridgehead atoms. The summed E-state index contributed by atoms with van der Waals surface area (Å²) in [4.78, 5) is 35.7. The molecule has 0 saturated heterocycles. The Kier molecular flexibility index (Phi) is 5.92. The van der Waals surface area contributed by atoms with Gasteiger partial charge in [-0.25, -0.2) is 13.6 Å². The number of aliphatic hydroxyl groups excluding tert-OH is 1. The molecule has 4 rings (SSSR count). The van der Waals surface area contributed by atoms with Crippen molar-refractivity contribution in [2.45, 2.75) is 68.4 Å². The number of carbonyl (C=O) groups is 3. The number of hydrogen-bond acceptors (Lipinski definition) is 5. The smallest absolute Gasteiger partial charge is 0.340 e. The van der Waals surface area contributed by atoms with Gasteiger partial charge in [0.2, 0.25) is 9.95 Å². The van der Waals surface area contributed by atoms with Gasteiger partial charge in [-0.1, -0.05) is 43.1 Å². The van der Waals surface area contributed by atoms with Crippen LogP contribution >= 0.6 is 35.8 Å². The average Bonchev–Trinajstić information content (AvgIpc) is 2.93. The Bertz CT molecular complexity index is 988. The molecule has 182 valence electrons. The van der Waals surface area contributed by atoms with Gasteiger partial charge >= 0.3 is 5.97 Å². The molecule has 0 aromatic heterocycles. The lowest BCUT2D eigenvalue weighted by atomic mass is 9.44. The van der Waals surface area contributed by atoms with Gasteiger partial charge in [0.25, 0.3) is 0 Å². The Balaban J connectivity index is 1.87. The van der Waals surface area contributed by atoms with E-state index in [9.17, 15) is 19.5 Å². The molecule has 0 aromatic rings. The van der Waals surface area contributed by atoms with Crippen LogP contribution in [0.5, 0.6) is 0 Å². The number of fused-ring (bicyclic) bond motifs is 5. The third-order valence-corrected chi connectivity index (χ3v) is 9.61. The van der Waals surface area contributed by atoms with Crippen molar-refractivity contribution in [3.63, 3.8) is 0 Å². The Morgan fingerprint density at radius 2 is 1.91 bits per heavy atom. The molecule has 10 heteroatoms. The molecule has 0 amide bonds. The Hall–Kier alpha value is -0.960. The highest BCUT2D eigenvalue weighted by Gasteiger charge is 2.78. The summed E-state index contributed by atoms with van der Waals surface area (Å²) in [7, 11) is 0. The first-order valence-electron chi connectivity index (χ1n) is 10.9. The minimum Gasteiger partial charge on any atom is -0.447 e. The van der Waals surface area contributed by atoms with Crippen LogP contribution in [0.1, 0.15) is 40.0 Å². The fraction of sp³-hybridized carbons (Fsp3) is 0.696. The topological polar surface area (TPSA) is 80.7 Å². The van der Waals surface area contributed by atoms with Gasteiger partial charge in [0.15, 0.2) is 17.1 Å². The Morgan fingerprint density at radius 3 is 2.48 bits per heavy atom. The Labute approximate surface area is 206 Å². The largest absolute Gasteiger partial charge is 0.447 e. The van der Waals surface area contributed by atoms with E-state index in [1.54, 1.807) is 13.8 Å². The monoisotopic (exact) mass is 522 g/mol. The number of alkyl halides is 4. The number of aliphatic hydroxyl groups is 1. The number of hydrogen-bond donors (Lipinski definition) is 2. The predicted octanol–water partition coefficient (Wildman–Crippen LogP) is 4.09. The number of halogens is 4. The molecule has 33 heavy (non-hydrogen) atoms. The van der Waals surface area contributed by atoms with Crippen molar-refractivity contribution in [1.82, 2.24) is 0 Å². The number of ether oxygens (including phenoxy) is 1. The molecule has 1 N–H and O–H groups in total. The first-order valence-corrected chi connectivity index (χ1v) is 12.2. The van der Waals surface area contributed by atoms with E-state index < -0.39 is 73.8 Å². The number of carbonyl (C=O) groups excluding carboxylic acids is 3. The number of thiol groups is 1. The Morgan fingerprint density at radius 1 is 1.27 bits per heavy atom. The minimum atomic E-state index is -2.30. The molecule has 0 aromatic carbocycles. The van der Waals surface area contributed by atoms with Crippen molar-refractivity contribution in [3.8, 4) is 0 Å². The van der Waals surface area contributed by atoms with Gasteiger partial charge in [-0.15, -0.1) is 12.6 Å². The van der Waals surface area contributed by atoms with E-state index in [4.69, 9.17) is 27.9 Å². The lowest BCUT2D eigenvalue weighted by molar-refractivity contribution is -0.228. The molecule has 0 aliphatic heterocycles. The van der Waals surface area contributed by atoms with Gasteiger partial charge < -0.3 is 9.84 Å². The molecule has 0 radical (unpaired) electrons. The highest BCUT2D eigenvalue weighted by molar-refractivity contribution is 7.96. The minimum absolute atomic E-state index is 0.0116. The van der Waals surface area contributed by atoms with E-state index in [0.717, 1.165) is 6.08 Å². The molecule has 0 heterocycles. The zero-order chi connectivity index (χ0) is 24.7. The van der Waals surface area contributed by atoms with Gasteiger partial charge in [-0.3, -0.25) is 9.59 Å². The van der Waals surface area contributed by atoms with Crippen molar-refractivity contribution in [2.24, 2.45) is 28.6 Å². The zero-order valence-corrected chi connectivity index (χ0v) is 20.8. The van der Waals surface area contributed by atoms with Crippen LogP contribution in [0, 0.1) is 28.6 Å². The first kappa shape index (κ1) is 25.1. The molecular formula is C23H26Cl2F2O5S. The van der Waals surface area contributed by atoms with Gasteiger partial charge in [0, 0.05) is 22.7 Å². The second-order valence-corrected chi connectivity index (χ2v) is 11.8. The molecule has 4 unspecified atom stereocenters.